The molecular weight excluding hydrogens is 133 g/mol. The van der Waals surface area contributed by atoms with Crippen molar-refractivity contribution in [3.63, 3.8) is 0 Å². The number of aryl methyl sites for hydroxylation is 2. The Hall–Kier alpha value is -1.12. The summed E-state index contributed by atoms with van der Waals surface area (Å²) >= 11 is 0. The fraction of sp³-hybridized carbons (Fsp3) is 0.286. The van der Waals surface area contributed by atoms with Crippen LogP contribution < -0.4 is 5.56 Å². The Labute approximate surface area is 57.7 Å². The van der Waals surface area contributed by atoms with Gasteiger partial charge in [0.15, 0.2) is 5.82 Å². The van der Waals surface area contributed by atoms with E-state index < -0.39 is 11.4 Å². The second kappa shape index (κ2) is 2.25. The SMILES string of the molecule is Cc1cc(F)c(=O)[nH]c1C. The summed E-state index contributed by atoms with van der Waals surface area (Å²) in [5.41, 5.74) is 0.826. The predicted octanol–water partition coefficient (Wildman–Crippen LogP) is 1.13. The van der Waals surface area contributed by atoms with E-state index in [1.807, 2.05) is 0 Å². The summed E-state index contributed by atoms with van der Waals surface area (Å²) in [5, 5.41) is 0. The second-order valence-electron chi connectivity index (χ2n) is 2.25. The molecule has 54 valence electrons. The number of hydrogen-bond donors (Lipinski definition) is 1. The van der Waals surface area contributed by atoms with Crippen LogP contribution in [0, 0.1) is 19.7 Å². The number of hydrogen-bond acceptors (Lipinski definition) is 1. The van der Waals surface area contributed by atoms with Gasteiger partial charge in [-0.2, -0.15) is 0 Å². The minimum Gasteiger partial charge on any atom is -0.324 e. The van der Waals surface area contributed by atoms with Crippen LogP contribution in [0.4, 0.5) is 4.39 Å². The number of rotatable bonds is 0. The molecule has 0 fully saturated rings. The Morgan fingerprint density at radius 1 is 1.50 bits per heavy atom. The van der Waals surface area contributed by atoms with E-state index in [9.17, 15) is 9.18 Å². The molecular formula is C7H8FNO. The average molecular weight is 141 g/mol. The maximum Gasteiger partial charge on any atom is 0.284 e. The van der Waals surface area contributed by atoms with E-state index >= 15 is 0 Å². The summed E-state index contributed by atoms with van der Waals surface area (Å²) < 4.78 is 12.4. The van der Waals surface area contributed by atoms with Crippen molar-refractivity contribution in [3.05, 3.63) is 33.5 Å². The lowest BCUT2D eigenvalue weighted by molar-refractivity contribution is 0.605. The van der Waals surface area contributed by atoms with Gasteiger partial charge in [-0.3, -0.25) is 4.79 Å². The monoisotopic (exact) mass is 141 g/mol. The van der Waals surface area contributed by atoms with Crippen molar-refractivity contribution in [2.75, 3.05) is 0 Å². The Morgan fingerprint density at radius 3 is 2.60 bits per heavy atom. The normalized spacial score (nSPS) is 9.90. The third-order valence-electron chi connectivity index (χ3n) is 1.45. The highest BCUT2D eigenvalue weighted by molar-refractivity contribution is 5.16. The first-order valence-corrected chi connectivity index (χ1v) is 2.97. The third kappa shape index (κ3) is 1.07. The van der Waals surface area contributed by atoms with Gasteiger partial charge in [-0.05, 0) is 25.5 Å². The number of pyridine rings is 1. The van der Waals surface area contributed by atoms with Crippen LogP contribution in [0.15, 0.2) is 10.9 Å². The zero-order valence-electron chi connectivity index (χ0n) is 5.86. The molecule has 0 amide bonds. The maximum atomic E-state index is 12.4. The summed E-state index contributed by atoms with van der Waals surface area (Å²) in [6, 6.07) is 1.23. The van der Waals surface area contributed by atoms with E-state index in [2.05, 4.69) is 4.98 Å². The summed E-state index contributed by atoms with van der Waals surface area (Å²) in [4.78, 5) is 12.9. The Balaban J connectivity index is 3.43. The van der Waals surface area contributed by atoms with E-state index in [1.165, 1.54) is 6.07 Å². The summed E-state index contributed by atoms with van der Waals surface area (Å²) in [6.07, 6.45) is 0. The lowest BCUT2D eigenvalue weighted by atomic mass is 10.2. The fourth-order valence-electron chi connectivity index (χ4n) is 0.692. The molecule has 0 atom stereocenters. The van der Waals surface area contributed by atoms with Gasteiger partial charge in [0.05, 0.1) is 0 Å². The summed E-state index contributed by atoms with van der Waals surface area (Å²) in [5.74, 6) is -0.719. The Kier molecular flexibility index (Phi) is 1.57. The van der Waals surface area contributed by atoms with Crippen LogP contribution in [-0.4, -0.2) is 4.98 Å². The van der Waals surface area contributed by atoms with Crippen molar-refractivity contribution in [2.45, 2.75) is 13.8 Å². The van der Waals surface area contributed by atoms with Crippen molar-refractivity contribution < 1.29 is 4.39 Å². The van der Waals surface area contributed by atoms with Gasteiger partial charge in [-0.15, -0.1) is 0 Å². The zero-order valence-corrected chi connectivity index (χ0v) is 5.86. The van der Waals surface area contributed by atoms with E-state index in [4.69, 9.17) is 0 Å². The van der Waals surface area contributed by atoms with Gasteiger partial charge >= 0.3 is 0 Å². The fourth-order valence-corrected chi connectivity index (χ4v) is 0.692. The van der Waals surface area contributed by atoms with Crippen molar-refractivity contribution in [3.8, 4) is 0 Å². The molecule has 0 unspecified atom stereocenters. The highest BCUT2D eigenvalue weighted by Crippen LogP contribution is 1.99. The molecule has 0 saturated heterocycles. The van der Waals surface area contributed by atoms with Crippen LogP contribution in [0.3, 0.4) is 0 Å². The molecule has 10 heavy (non-hydrogen) atoms. The lowest BCUT2D eigenvalue weighted by Crippen LogP contribution is -2.12. The molecule has 1 rings (SSSR count). The van der Waals surface area contributed by atoms with Gasteiger partial charge in [0, 0.05) is 5.69 Å². The molecule has 1 aromatic heterocycles. The number of halogens is 1. The molecule has 1 aromatic rings. The molecule has 0 aliphatic carbocycles. The predicted molar refractivity (Wildman–Crippen MR) is 36.5 cm³/mol. The van der Waals surface area contributed by atoms with Crippen LogP contribution in [-0.2, 0) is 0 Å². The molecule has 0 spiro atoms. The summed E-state index contributed by atoms with van der Waals surface area (Å²) in [7, 11) is 0. The van der Waals surface area contributed by atoms with Crippen LogP contribution in [0.5, 0.6) is 0 Å². The summed E-state index contributed by atoms with van der Waals surface area (Å²) in [6.45, 7) is 3.48. The standard InChI is InChI=1S/C7H8FNO/c1-4-3-6(8)7(10)9-5(4)2/h3H,1-2H3,(H,9,10). The number of aromatic nitrogens is 1. The first-order valence-electron chi connectivity index (χ1n) is 2.97. The molecule has 0 radical (unpaired) electrons. The first kappa shape index (κ1) is 6.99. The van der Waals surface area contributed by atoms with Crippen LogP contribution >= 0.6 is 0 Å². The van der Waals surface area contributed by atoms with Crippen molar-refractivity contribution in [1.82, 2.24) is 4.98 Å². The average Bonchev–Trinajstić information content (AvgIpc) is 1.84. The minimum atomic E-state index is -0.719. The van der Waals surface area contributed by atoms with Crippen molar-refractivity contribution >= 4 is 0 Å². The molecule has 1 N–H and O–H groups in total. The molecule has 0 aliphatic rings. The van der Waals surface area contributed by atoms with Crippen molar-refractivity contribution in [2.24, 2.45) is 0 Å². The molecule has 0 aliphatic heterocycles. The highest BCUT2D eigenvalue weighted by atomic mass is 19.1. The number of nitrogens with one attached hydrogen (secondary N) is 1. The quantitative estimate of drug-likeness (QED) is 0.577. The zero-order chi connectivity index (χ0) is 7.72. The third-order valence-corrected chi connectivity index (χ3v) is 1.45. The van der Waals surface area contributed by atoms with E-state index in [1.54, 1.807) is 13.8 Å². The van der Waals surface area contributed by atoms with Crippen molar-refractivity contribution in [1.29, 1.82) is 0 Å². The van der Waals surface area contributed by atoms with E-state index in [-0.39, 0.29) is 0 Å². The lowest BCUT2D eigenvalue weighted by Gasteiger charge is -1.96. The van der Waals surface area contributed by atoms with Gasteiger partial charge in [0.2, 0.25) is 0 Å². The largest absolute Gasteiger partial charge is 0.324 e. The molecule has 2 nitrogen and oxygen atoms in total. The molecule has 0 bridgehead atoms. The van der Waals surface area contributed by atoms with Gasteiger partial charge in [0.25, 0.3) is 5.56 Å². The molecule has 1 heterocycles. The van der Waals surface area contributed by atoms with Gasteiger partial charge in [-0.1, -0.05) is 0 Å². The second-order valence-corrected chi connectivity index (χ2v) is 2.25. The van der Waals surface area contributed by atoms with E-state index in [0.717, 1.165) is 5.56 Å². The Bertz CT molecular complexity index is 303. The van der Waals surface area contributed by atoms with Gasteiger partial charge in [0.1, 0.15) is 0 Å². The highest BCUT2D eigenvalue weighted by Gasteiger charge is 1.99. The van der Waals surface area contributed by atoms with Gasteiger partial charge in [-0.25, -0.2) is 4.39 Å². The number of H-pyrrole nitrogens is 1. The Morgan fingerprint density at radius 2 is 2.10 bits per heavy atom. The molecule has 0 aromatic carbocycles. The molecule has 0 saturated carbocycles. The smallest absolute Gasteiger partial charge is 0.284 e. The minimum absolute atomic E-state index is 0.650. The van der Waals surface area contributed by atoms with Gasteiger partial charge < -0.3 is 4.98 Å². The maximum absolute atomic E-state index is 12.4. The van der Waals surface area contributed by atoms with Crippen LogP contribution in [0.25, 0.3) is 0 Å². The number of aromatic amines is 1. The van der Waals surface area contributed by atoms with E-state index in [0.29, 0.717) is 5.69 Å². The van der Waals surface area contributed by atoms with Crippen LogP contribution in [0.1, 0.15) is 11.3 Å². The topological polar surface area (TPSA) is 32.9 Å². The molecule has 3 heteroatoms. The van der Waals surface area contributed by atoms with Crippen LogP contribution in [0.2, 0.25) is 0 Å². The first-order chi connectivity index (χ1) is 4.61.